The molecule has 2 aromatic rings. The van der Waals surface area contributed by atoms with Gasteiger partial charge in [-0.1, -0.05) is 5.92 Å². The van der Waals surface area contributed by atoms with Crippen molar-refractivity contribution in [1.82, 2.24) is 14.5 Å². The molecule has 0 amide bonds. The van der Waals surface area contributed by atoms with Crippen molar-refractivity contribution >= 4 is 16.9 Å². The monoisotopic (exact) mass is 274 g/mol. The fourth-order valence-corrected chi connectivity index (χ4v) is 2.46. The second kappa shape index (κ2) is 4.45. The van der Waals surface area contributed by atoms with E-state index in [2.05, 4.69) is 15.9 Å². The molecule has 1 aliphatic heterocycles. The van der Waals surface area contributed by atoms with Crippen LogP contribution in [0.15, 0.2) is 18.6 Å². The molecule has 1 aliphatic rings. The molecule has 7 nitrogen and oxygen atoms in total. The molecule has 3 rings (SSSR count). The Morgan fingerprint density at radius 2 is 2.40 bits per heavy atom. The Morgan fingerprint density at radius 1 is 1.60 bits per heavy atom. The van der Waals surface area contributed by atoms with Crippen LogP contribution in [0.3, 0.4) is 0 Å². The summed E-state index contributed by atoms with van der Waals surface area (Å²) in [6.07, 6.45) is 7.28. The molecule has 20 heavy (non-hydrogen) atoms. The highest BCUT2D eigenvalue weighted by molar-refractivity contribution is 5.86. The zero-order chi connectivity index (χ0) is 14.3. The minimum absolute atomic E-state index is 0.262. The lowest BCUT2D eigenvalue weighted by Crippen LogP contribution is -2.41. The number of ether oxygens (including phenoxy) is 1. The lowest BCUT2D eigenvalue weighted by atomic mass is 9.99. The van der Waals surface area contributed by atoms with Crippen LogP contribution in [0.2, 0.25) is 0 Å². The third kappa shape index (κ3) is 1.67. The summed E-state index contributed by atoms with van der Waals surface area (Å²) in [5.74, 6) is 2.71. The summed E-state index contributed by atoms with van der Waals surface area (Å²) in [6, 6.07) is 1.77. The number of rotatable bonds is 2. The predicted octanol–water partition coefficient (Wildman–Crippen LogP) is -0.342. The molecule has 4 N–H and O–H groups in total. The number of nitrogen functional groups attached to an aromatic ring is 1. The van der Waals surface area contributed by atoms with Gasteiger partial charge in [0.1, 0.15) is 30.1 Å². The van der Waals surface area contributed by atoms with E-state index >= 15 is 0 Å². The summed E-state index contributed by atoms with van der Waals surface area (Å²) >= 11 is 0. The van der Waals surface area contributed by atoms with Crippen molar-refractivity contribution in [3.05, 3.63) is 18.6 Å². The number of anilines is 1. The summed E-state index contributed by atoms with van der Waals surface area (Å²) < 4.78 is 7.41. The highest BCUT2D eigenvalue weighted by Gasteiger charge is 2.47. The second-order valence-corrected chi connectivity index (χ2v) is 4.74. The first-order chi connectivity index (χ1) is 9.61. The number of nitrogens with zero attached hydrogens (tertiary/aromatic N) is 3. The fraction of sp³-hybridized carbons (Fsp3) is 0.385. The number of hydrogen-bond acceptors (Lipinski definition) is 6. The van der Waals surface area contributed by atoms with Crippen LogP contribution in [0.1, 0.15) is 12.6 Å². The quantitative estimate of drug-likeness (QED) is 0.647. The van der Waals surface area contributed by atoms with Crippen LogP contribution in [0.5, 0.6) is 0 Å². The molecular weight excluding hydrogens is 260 g/mol. The molecule has 0 radical (unpaired) electrons. The zero-order valence-corrected chi connectivity index (χ0v) is 10.6. The normalized spacial score (nSPS) is 29.6. The Morgan fingerprint density at radius 3 is 3.05 bits per heavy atom. The number of fused-ring (bicyclic) bond motifs is 1. The van der Waals surface area contributed by atoms with Gasteiger partial charge in [0.05, 0.1) is 12.0 Å². The molecule has 1 saturated heterocycles. The van der Waals surface area contributed by atoms with Gasteiger partial charge in [-0.05, 0) is 6.07 Å². The van der Waals surface area contributed by atoms with Gasteiger partial charge in [-0.2, -0.15) is 0 Å². The average molecular weight is 274 g/mol. The Labute approximate surface area is 115 Å². The first kappa shape index (κ1) is 12.9. The van der Waals surface area contributed by atoms with Crippen LogP contribution in [-0.4, -0.2) is 43.1 Å². The smallest absolute Gasteiger partial charge is 0.179 e. The SMILES string of the molecule is C#CC1(CO)OC(n2ccc3c(N)ncnc32)CC1O. The molecule has 2 aromatic heterocycles. The largest absolute Gasteiger partial charge is 0.392 e. The maximum atomic E-state index is 10.0. The first-order valence-corrected chi connectivity index (χ1v) is 6.13. The van der Waals surface area contributed by atoms with Crippen molar-refractivity contribution in [1.29, 1.82) is 0 Å². The topological polar surface area (TPSA) is 106 Å². The number of hydrogen-bond donors (Lipinski definition) is 3. The van der Waals surface area contributed by atoms with Gasteiger partial charge in [-0.3, -0.25) is 0 Å². The molecule has 0 bridgehead atoms. The molecule has 104 valence electrons. The third-order valence-electron chi connectivity index (χ3n) is 3.64. The van der Waals surface area contributed by atoms with Crippen molar-refractivity contribution in [3.8, 4) is 12.3 Å². The Bertz CT molecular complexity index is 692. The van der Waals surface area contributed by atoms with Gasteiger partial charge < -0.3 is 25.3 Å². The van der Waals surface area contributed by atoms with Crippen molar-refractivity contribution < 1.29 is 14.9 Å². The van der Waals surface area contributed by atoms with E-state index in [1.807, 2.05) is 0 Å². The summed E-state index contributed by atoms with van der Waals surface area (Å²) in [4.78, 5) is 8.08. The molecule has 3 heterocycles. The van der Waals surface area contributed by atoms with Crippen molar-refractivity contribution in [2.45, 2.75) is 24.4 Å². The van der Waals surface area contributed by atoms with Gasteiger partial charge in [-0.25, -0.2) is 9.97 Å². The second-order valence-electron chi connectivity index (χ2n) is 4.74. The molecular formula is C13H14N4O3. The van der Waals surface area contributed by atoms with E-state index in [9.17, 15) is 10.2 Å². The van der Waals surface area contributed by atoms with Crippen molar-refractivity contribution in [2.75, 3.05) is 12.3 Å². The molecule has 3 unspecified atom stereocenters. The fourth-order valence-electron chi connectivity index (χ4n) is 2.46. The molecule has 0 saturated carbocycles. The maximum Gasteiger partial charge on any atom is 0.179 e. The number of aromatic nitrogens is 3. The minimum atomic E-state index is -1.38. The van der Waals surface area contributed by atoms with Crippen LogP contribution >= 0.6 is 0 Å². The van der Waals surface area contributed by atoms with E-state index in [-0.39, 0.29) is 6.42 Å². The van der Waals surface area contributed by atoms with E-state index in [4.69, 9.17) is 16.9 Å². The average Bonchev–Trinajstić information content (AvgIpc) is 3.01. The van der Waals surface area contributed by atoms with Crippen LogP contribution in [0.25, 0.3) is 11.0 Å². The number of aliphatic hydroxyl groups is 2. The predicted molar refractivity (Wildman–Crippen MR) is 71.3 cm³/mol. The van der Waals surface area contributed by atoms with Crippen LogP contribution in [-0.2, 0) is 4.74 Å². The number of nitrogens with two attached hydrogens (primary N) is 1. The summed E-state index contributed by atoms with van der Waals surface area (Å²) in [7, 11) is 0. The van der Waals surface area contributed by atoms with E-state index in [1.54, 1.807) is 16.8 Å². The molecule has 0 spiro atoms. The minimum Gasteiger partial charge on any atom is -0.392 e. The Kier molecular flexibility index (Phi) is 2.87. The number of aliphatic hydroxyl groups excluding tert-OH is 2. The maximum absolute atomic E-state index is 10.0. The summed E-state index contributed by atoms with van der Waals surface area (Å²) in [5, 5.41) is 20.1. The van der Waals surface area contributed by atoms with E-state index in [0.29, 0.717) is 16.9 Å². The standard InChI is InChI=1S/C13H14N4O3/c1-2-13(6-18)9(19)5-10(20-13)17-4-3-8-11(14)15-7-16-12(8)17/h1,3-4,7,9-10,18-19H,5-6H2,(H2,14,15,16). The summed E-state index contributed by atoms with van der Waals surface area (Å²) in [6.45, 7) is -0.447. The molecule has 1 fully saturated rings. The lowest BCUT2D eigenvalue weighted by Gasteiger charge is -2.23. The lowest BCUT2D eigenvalue weighted by molar-refractivity contribution is -0.0890. The van der Waals surface area contributed by atoms with Crippen LogP contribution < -0.4 is 5.73 Å². The van der Waals surface area contributed by atoms with Gasteiger partial charge in [0.25, 0.3) is 0 Å². The van der Waals surface area contributed by atoms with Gasteiger partial charge >= 0.3 is 0 Å². The van der Waals surface area contributed by atoms with Crippen molar-refractivity contribution in [2.24, 2.45) is 0 Å². The van der Waals surface area contributed by atoms with E-state index in [0.717, 1.165) is 0 Å². The first-order valence-electron chi connectivity index (χ1n) is 6.13. The summed E-state index contributed by atoms with van der Waals surface area (Å²) in [5.41, 5.74) is 5.00. The van der Waals surface area contributed by atoms with Gasteiger partial charge in [0.2, 0.25) is 0 Å². The zero-order valence-electron chi connectivity index (χ0n) is 10.6. The molecule has 7 heteroatoms. The van der Waals surface area contributed by atoms with Crippen molar-refractivity contribution in [3.63, 3.8) is 0 Å². The molecule has 3 atom stereocenters. The molecule has 0 aromatic carbocycles. The molecule has 0 aliphatic carbocycles. The van der Waals surface area contributed by atoms with Crippen LogP contribution in [0, 0.1) is 12.3 Å². The van der Waals surface area contributed by atoms with Gasteiger partial charge in [0, 0.05) is 12.6 Å². The highest BCUT2D eigenvalue weighted by Crippen LogP contribution is 2.38. The Balaban J connectivity index is 2.02. The van der Waals surface area contributed by atoms with E-state index < -0.39 is 24.5 Å². The van der Waals surface area contributed by atoms with Gasteiger partial charge in [0.15, 0.2) is 5.60 Å². The highest BCUT2D eigenvalue weighted by atomic mass is 16.6. The number of terminal acetylenes is 1. The third-order valence-corrected chi connectivity index (χ3v) is 3.64. The van der Waals surface area contributed by atoms with Crippen LogP contribution in [0.4, 0.5) is 5.82 Å². The Hall–Kier alpha value is -2.14. The van der Waals surface area contributed by atoms with E-state index in [1.165, 1.54) is 6.33 Å². The van der Waals surface area contributed by atoms with Gasteiger partial charge in [-0.15, -0.1) is 6.42 Å².